The van der Waals surface area contributed by atoms with Crippen LogP contribution < -0.4 is 15.6 Å². The molecule has 152 valence electrons. The Bertz CT molecular complexity index is 1240. The van der Waals surface area contributed by atoms with Crippen molar-refractivity contribution in [2.24, 2.45) is 0 Å². The highest BCUT2D eigenvalue weighted by atomic mass is 35.5. The van der Waals surface area contributed by atoms with Gasteiger partial charge in [-0.15, -0.1) is 16.2 Å². The quantitative estimate of drug-likeness (QED) is 0.487. The van der Waals surface area contributed by atoms with E-state index in [1.807, 2.05) is 0 Å². The fourth-order valence-corrected chi connectivity index (χ4v) is 5.25. The van der Waals surface area contributed by atoms with Gasteiger partial charge in [-0.1, -0.05) is 29.3 Å². The third-order valence-electron chi connectivity index (χ3n) is 3.89. The average Bonchev–Trinajstić information content (AvgIpc) is 2.97. The van der Waals surface area contributed by atoms with Gasteiger partial charge in [-0.25, -0.2) is 8.42 Å². The van der Waals surface area contributed by atoms with Crippen LogP contribution in [0.1, 0.15) is 22.2 Å². The normalized spacial score (nSPS) is 11.4. The van der Waals surface area contributed by atoms with Crippen LogP contribution in [0.15, 0.2) is 41.3 Å². The van der Waals surface area contributed by atoms with Crippen LogP contribution in [0.5, 0.6) is 0 Å². The molecule has 3 N–H and O–H groups in total. The maximum absolute atomic E-state index is 12.6. The predicted octanol–water partition coefficient (Wildman–Crippen LogP) is 4.10. The van der Waals surface area contributed by atoms with E-state index < -0.39 is 15.9 Å². The molecule has 0 unspecified atom stereocenters. The zero-order valence-corrected chi connectivity index (χ0v) is 18.3. The highest BCUT2D eigenvalue weighted by Gasteiger charge is 2.22. The Morgan fingerprint density at radius 2 is 1.79 bits per heavy atom. The highest BCUT2D eigenvalue weighted by molar-refractivity contribution is 7.89. The number of rotatable bonds is 5. The lowest BCUT2D eigenvalue weighted by molar-refractivity contribution is -0.114. The first kappa shape index (κ1) is 21.5. The average molecular weight is 472 g/mol. The summed E-state index contributed by atoms with van der Waals surface area (Å²) in [5, 5.41) is 3.78. The van der Waals surface area contributed by atoms with Crippen LogP contribution in [0.4, 0.5) is 5.69 Å². The van der Waals surface area contributed by atoms with Gasteiger partial charge >= 0.3 is 0 Å². The Kier molecular flexibility index (Phi) is 6.16. The number of anilines is 1. The fourth-order valence-electron chi connectivity index (χ4n) is 2.58. The highest BCUT2D eigenvalue weighted by Crippen LogP contribution is 2.36. The molecule has 0 aliphatic rings. The van der Waals surface area contributed by atoms with Gasteiger partial charge in [-0.05, 0) is 42.8 Å². The molecule has 1 aromatic heterocycles. The van der Waals surface area contributed by atoms with Crippen molar-refractivity contribution in [3.05, 3.63) is 56.9 Å². The topological polar surface area (TPSA) is 104 Å². The smallest absolute Gasteiger partial charge is 0.277 e. The summed E-state index contributed by atoms with van der Waals surface area (Å²) in [5.41, 5.74) is 2.93. The first-order valence-corrected chi connectivity index (χ1v) is 11.2. The molecule has 3 rings (SSSR count). The molecule has 11 heteroatoms. The monoisotopic (exact) mass is 471 g/mol. The van der Waals surface area contributed by atoms with Crippen molar-refractivity contribution in [2.75, 3.05) is 5.32 Å². The van der Waals surface area contributed by atoms with Gasteiger partial charge in [0.1, 0.15) is 4.88 Å². The molecule has 0 radical (unpaired) electrons. The van der Waals surface area contributed by atoms with E-state index in [0.717, 1.165) is 16.0 Å². The van der Waals surface area contributed by atoms with Gasteiger partial charge < -0.3 is 5.32 Å². The van der Waals surface area contributed by atoms with Gasteiger partial charge in [0.15, 0.2) is 0 Å². The number of aryl methyl sites for hydroxylation is 1. The Morgan fingerprint density at radius 3 is 2.48 bits per heavy atom. The van der Waals surface area contributed by atoms with Crippen molar-refractivity contribution in [3.63, 3.8) is 0 Å². The summed E-state index contributed by atoms with van der Waals surface area (Å²) in [5.74, 6) is -1.04. The lowest BCUT2D eigenvalue weighted by Gasteiger charge is -2.12. The lowest BCUT2D eigenvalue weighted by Crippen LogP contribution is -2.41. The Morgan fingerprint density at radius 1 is 1.07 bits per heavy atom. The number of thiophene rings is 1. The van der Waals surface area contributed by atoms with Crippen LogP contribution in [0, 0.1) is 6.92 Å². The molecule has 2 amide bonds. The summed E-state index contributed by atoms with van der Waals surface area (Å²) < 4.78 is 26.0. The van der Waals surface area contributed by atoms with Crippen LogP contribution in [0.2, 0.25) is 10.0 Å². The van der Waals surface area contributed by atoms with Crippen LogP contribution in [0.25, 0.3) is 10.1 Å². The van der Waals surface area contributed by atoms with E-state index in [4.69, 9.17) is 23.2 Å². The molecule has 0 bridgehead atoms. The molecule has 1 heterocycles. The van der Waals surface area contributed by atoms with Gasteiger partial charge in [-0.3, -0.25) is 15.0 Å². The Labute approximate surface area is 181 Å². The molecule has 0 fully saturated rings. The van der Waals surface area contributed by atoms with E-state index in [0.29, 0.717) is 21.7 Å². The third-order valence-corrected chi connectivity index (χ3v) is 7.19. The first-order valence-electron chi connectivity index (χ1n) is 8.16. The molecular weight excluding hydrogens is 457 g/mol. The molecule has 0 saturated heterocycles. The lowest BCUT2D eigenvalue weighted by atomic mass is 10.2. The summed E-state index contributed by atoms with van der Waals surface area (Å²) in [6.45, 7) is 2.91. The second kappa shape index (κ2) is 8.29. The Hall–Kier alpha value is -2.17. The van der Waals surface area contributed by atoms with E-state index in [-0.39, 0.29) is 20.7 Å². The van der Waals surface area contributed by atoms with Crippen molar-refractivity contribution in [1.82, 2.24) is 10.3 Å². The SMILES string of the molecule is CC(=O)Nc1ccc(C)c(S(=O)(=O)NNC(=O)c2sc3ccc(Cl)cc3c2Cl)c1. The maximum atomic E-state index is 12.6. The number of sulfonamides is 1. The van der Waals surface area contributed by atoms with Crippen LogP contribution >= 0.6 is 34.5 Å². The fraction of sp³-hybridized carbons (Fsp3) is 0.111. The molecule has 2 aromatic carbocycles. The largest absolute Gasteiger partial charge is 0.326 e. The number of benzene rings is 2. The van der Waals surface area contributed by atoms with E-state index >= 15 is 0 Å². The zero-order chi connectivity index (χ0) is 21.3. The minimum absolute atomic E-state index is 0.0849. The van der Waals surface area contributed by atoms with Crippen molar-refractivity contribution >= 4 is 72.1 Å². The summed E-state index contributed by atoms with van der Waals surface area (Å²) in [7, 11) is -4.09. The second-order valence-corrected chi connectivity index (χ2v) is 9.62. The van der Waals surface area contributed by atoms with Gasteiger partial charge in [0.25, 0.3) is 15.9 Å². The molecule has 0 saturated carbocycles. The van der Waals surface area contributed by atoms with Crippen molar-refractivity contribution in [1.29, 1.82) is 0 Å². The minimum atomic E-state index is -4.09. The second-order valence-electron chi connectivity index (χ2n) is 6.11. The predicted molar refractivity (Wildman–Crippen MR) is 115 cm³/mol. The van der Waals surface area contributed by atoms with Gasteiger partial charge in [0.05, 0.1) is 9.92 Å². The van der Waals surface area contributed by atoms with E-state index in [1.54, 1.807) is 37.3 Å². The molecular formula is C18H15Cl2N3O4S2. The Balaban J connectivity index is 1.83. The summed E-state index contributed by atoms with van der Waals surface area (Å²) in [4.78, 5) is 25.8. The number of carbonyl (C=O) groups is 2. The van der Waals surface area contributed by atoms with Crippen molar-refractivity contribution < 1.29 is 18.0 Å². The summed E-state index contributed by atoms with van der Waals surface area (Å²) in [6, 6.07) is 9.47. The van der Waals surface area contributed by atoms with Crippen LogP contribution in [0.3, 0.4) is 0 Å². The van der Waals surface area contributed by atoms with Gasteiger partial charge in [0, 0.05) is 27.7 Å². The van der Waals surface area contributed by atoms with Gasteiger partial charge in [0.2, 0.25) is 5.91 Å². The summed E-state index contributed by atoms with van der Waals surface area (Å²) in [6.07, 6.45) is 0. The first-order chi connectivity index (χ1) is 13.6. The van der Waals surface area contributed by atoms with Crippen LogP contribution in [-0.4, -0.2) is 20.2 Å². The molecule has 29 heavy (non-hydrogen) atoms. The molecule has 0 atom stereocenters. The molecule has 3 aromatic rings. The summed E-state index contributed by atoms with van der Waals surface area (Å²) >= 11 is 13.3. The molecule has 0 aliphatic heterocycles. The molecule has 7 nitrogen and oxygen atoms in total. The number of nitrogens with one attached hydrogen (secondary N) is 3. The van der Waals surface area contributed by atoms with Gasteiger partial charge in [-0.2, -0.15) is 0 Å². The van der Waals surface area contributed by atoms with E-state index in [9.17, 15) is 18.0 Å². The van der Waals surface area contributed by atoms with Crippen molar-refractivity contribution in [2.45, 2.75) is 18.7 Å². The minimum Gasteiger partial charge on any atom is -0.326 e. The number of halogens is 2. The number of hydrogen-bond acceptors (Lipinski definition) is 5. The standard InChI is InChI=1S/C18H15Cl2N3O4S2/c1-9-3-5-12(21-10(2)24)8-15(9)29(26,27)23-22-18(25)17-16(20)13-7-11(19)4-6-14(13)28-17/h3-8,23H,1-2H3,(H,21,24)(H,22,25). The van der Waals surface area contributed by atoms with E-state index in [2.05, 4.69) is 15.6 Å². The molecule has 0 spiro atoms. The van der Waals surface area contributed by atoms with E-state index in [1.165, 1.54) is 13.0 Å². The number of fused-ring (bicyclic) bond motifs is 1. The number of hydrazine groups is 1. The van der Waals surface area contributed by atoms with Crippen molar-refractivity contribution in [3.8, 4) is 0 Å². The maximum Gasteiger partial charge on any atom is 0.277 e. The molecule has 0 aliphatic carbocycles. The number of hydrogen-bond donors (Lipinski definition) is 3. The third kappa shape index (κ3) is 4.71. The number of carbonyl (C=O) groups excluding carboxylic acids is 2. The number of amides is 2. The zero-order valence-electron chi connectivity index (χ0n) is 15.2. The van der Waals surface area contributed by atoms with Crippen LogP contribution in [-0.2, 0) is 14.8 Å².